The second kappa shape index (κ2) is 5.75. The summed E-state index contributed by atoms with van der Waals surface area (Å²) in [5, 5.41) is 7.37. The van der Waals surface area contributed by atoms with Gasteiger partial charge in [0.2, 0.25) is 0 Å². The van der Waals surface area contributed by atoms with Crippen molar-refractivity contribution in [2.24, 2.45) is 7.05 Å². The van der Waals surface area contributed by atoms with Gasteiger partial charge in [-0.15, -0.1) is 0 Å². The summed E-state index contributed by atoms with van der Waals surface area (Å²) in [6.45, 7) is 5.88. The summed E-state index contributed by atoms with van der Waals surface area (Å²) >= 11 is 1.44. The number of amides is 1. The highest BCUT2D eigenvalue weighted by atomic mass is 32.2. The zero-order valence-electron chi connectivity index (χ0n) is 10.9. The van der Waals surface area contributed by atoms with E-state index in [4.69, 9.17) is 0 Å². The van der Waals surface area contributed by atoms with Gasteiger partial charge in [-0.05, 0) is 24.6 Å². The minimum Gasteiger partial charge on any atom is -0.315 e. The standard InChI is InChI=1S/C14H15N3OS/c1-10-6-4-5-7-13(10)19-11(2)15-14(18)12-8-9-17(3)16-12/h4-9H,2H2,1,3H3,(H,15,18). The van der Waals surface area contributed by atoms with Crippen LogP contribution in [0.1, 0.15) is 16.1 Å². The Balaban J connectivity index is 1.99. The number of thioether (sulfide) groups is 1. The van der Waals surface area contributed by atoms with E-state index in [9.17, 15) is 4.79 Å². The number of nitrogens with one attached hydrogen (secondary N) is 1. The number of rotatable bonds is 4. The first-order chi connectivity index (χ1) is 9.06. The molecule has 5 heteroatoms. The van der Waals surface area contributed by atoms with Gasteiger partial charge in [-0.2, -0.15) is 5.10 Å². The molecule has 1 amide bonds. The Labute approximate surface area is 116 Å². The normalized spacial score (nSPS) is 10.2. The fourth-order valence-corrected chi connectivity index (χ4v) is 2.34. The molecule has 98 valence electrons. The van der Waals surface area contributed by atoms with Gasteiger partial charge in [0.15, 0.2) is 5.69 Å². The van der Waals surface area contributed by atoms with Gasteiger partial charge in [0.1, 0.15) is 0 Å². The van der Waals surface area contributed by atoms with E-state index in [0.29, 0.717) is 10.7 Å². The number of aryl methyl sites for hydroxylation is 2. The van der Waals surface area contributed by atoms with Crippen LogP contribution < -0.4 is 5.32 Å². The molecule has 1 heterocycles. The predicted octanol–water partition coefficient (Wildman–Crippen LogP) is 2.72. The van der Waals surface area contributed by atoms with Crippen molar-refractivity contribution < 1.29 is 4.79 Å². The molecule has 0 spiro atoms. The summed E-state index contributed by atoms with van der Waals surface area (Å²) in [6.07, 6.45) is 1.73. The molecule has 0 aliphatic carbocycles. The summed E-state index contributed by atoms with van der Waals surface area (Å²) < 4.78 is 1.59. The number of carbonyl (C=O) groups is 1. The van der Waals surface area contributed by atoms with Crippen molar-refractivity contribution in [3.63, 3.8) is 0 Å². The lowest BCUT2D eigenvalue weighted by atomic mass is 10.2. The lowest BCUT2D eigenvalue weighted by molar-refractivity contribution is 0.0963. The first-order valence-electron chi connectivity index (χ1n) is 5.79. The van der Waals surface area contributed by atoms with E-state index >= 15 is 0 Å². The molecule has 0 radical (unpaired) electrons. The number of hydrogen-bond donors (Lipinski definition) is 1. The molecule has 0 bridgehead atoms. The lowest BCUT2D eigenvalue weighted by Crippen LogP contribution is -2.21. The van der Waals surface area contributed by atoms with Gasteiger partial charge < -0.3 is 5.32 Å². The highest BCUT2D eigenvalue weighted by Gasteiger charge is 2.10. The van der Waals surface area contributed by atoms with Crippen molar-refractivity contribution >= 4 is 17.7 Å². The summed E-state index contributed by atoms with van der Waals surface area (Å²) in [7, 11) is 1.77. The molecule has 4 nitrogen and oxygen atoms in total. The molecule has 0 atom stereocenters. The van der Waals surface area contributed by atoms with Crippen LogP contribution in [0.5, 0.6) is 0 Å². The molecule has 0 fully saturated rings. The molecular weight excluding hydrogens is 258 g/mol. The fraction of sp³-hybridized carbons (Fsp3) is 0.143. The minimum absolute atomic E-state index is 0.244. The van der Waals surface area contributed by atoms with Crippen molar-refractivity contribution in [3.05, 3.63) is 59.4 Å². The third kappa shape index (κ3) is 3.48. The fourth-order valence-electron chi connectivity index (χ4n) is 1.56. The van der Waals surface area contributed by atoms with Crippen LogP contribution in [-0.4, -0.2) is 15.7 Å². The average molecular weight is 273 g/mol. The first kappa shape index (κ1) is 13.4. The molecule has 1 N–H and O–H groups in total. The van der Waals surface area contributed by atoms with Gasteiger partial charge in [-0.25, -0.2) is 0 Å². The van der Waals surface area contributed by atoms with Crippen molar-refractivity contribution in [2.75, 3.05) is 0 Å². The molecular formula is C14H15N3OS. The maximum absolute atomic E-state index is 11.9. The number of aromatic nitrogens is 2. The van der Waals surface area contributed by atoms with Gasteiger partial charge in [0, 0.05) is 18.1 Å². The Bertz CT molecular complexity index is 619. The van der Waals surface area contributed by atoms with E-state index in [0.717, 1.165) is 10.5 Å². The third-order valence-corrected chi connectivity index (χ3v) is 3.55. The molecule has 1 aromatic carbocycles. The SMILES string of the molecule is C=C(NC(=O)c1ccn(C)n1)Sc1ccccc1C. The van der Waals surface area contributed by atoms with Crippen molar-refractivity contribution in [1.82, 2.24) is 15.1 Å². The molecule has 2 rings (SSSR count). The molecule has 1 aromatic heterocycles. The largest absolute Gasteiger partial charge is 0.315 e. The summed E-state index contributed by atoms with van der Waals surface area (Å²) in [5.41, 5.74) is 1.54. The Morgan fingerprint density at radius 2 is 2.11 bits per heavy atom. The zero-order chi connectivity index (χ0) is 13.8. The molecule has 19 heavy (non-hydrogen) atoms. The van der Waals surface area contributed by atoms with Gasteiger partial charge in [-0.3, -0.25) is 9.48 Å². The van der Waals surface area contributed by atoms with Crippen LogP contribution in [0.15, 0.2) is 53.0 Å². The maximum atomic E-state index is 11.9. The zero-order valence-corrected chi connectivity index (χ0v) is 11.7. The number of hydrogen-bond acceptors (Lipinski definition) is 3. The summed E-state index contributed by atoms with van der Waals surface area (Å²) in [6, 6.07) is 9.63. The van der Waals surface area contributed by atoms with E-state index in [1.807, 2.05) is 31.2 Å². The van der Waals surface area contributed by atoms with Gasteiger partial charge in [0.25, 0.3) is 5.91 Å². The second-order valence-electron chi connectivity index (χ2n) is 4.12. The van der Waals surface area contributed by atoms with Crippen LogP contribution >= 0.6 is 11.8 Å². The van der Waals surface area contributed by atoms with E-state index in [-0.39, 0.29) is 5.91 Å². The van der Waals surface area contributed by atoms with Crippen LogP contribution in [0.2, 0.25) is 0 Å². The van der Waals surface area contributed by atoms with Gasteiger partial charge in [0.05, 0.1) is 5.03 Å². The van der Waals surface area contributed by atoms with Gasteiger partial charge in [-0.1, -0.05) is 36.5 Å². The minimum atomic E-state index is -0.244. The van der Waals surface area contributed by atoms with E-state index < -0.39 is 0 Å². The van der Waals surface area contributed by atoms with Crippen LogP contribution in [0.3, 0.4) is 0 Å². The Hall–Kier alpha value is -2.01. The smallest absolute Gasteiger partial charge is 0.276 e. The van der Waals surface area contributed by atoms with Gasteiger partial charge >= 0.3 is 0 Å². The molecule has 0 aliphatic rings. The van der Waals surface area contributed by atoms with Crippen LogP contribution in [-0.2, 0) is 7.05 Å². The highest BCUT2D eigenvalue weighted by molar-refractivity contribution is 8.03. The molecule has 0 unspecified atom stereocenters. The average Bonchev–Trinajstić information content (AvgIpc) is 2.79. The molecule has 0 aliphatic heterocycles. The Morgan fingerprint density at radius 1 is 1.37 bits per heavy atom. The van der Waals surface area contributed by atoms with Crippen LogP contribution in [0, 0.1) is 6.92 Å². The number of carbonyl (C=O) groups excluding carboxylic acids is 1. The topological polar surface area (TPSA) is 46.9 Å². The molecule has 0 saturated heterocycles. The lowest BCUT2D eigenvalue weighted by Gasteiger charge is -2.08. The quantitative estimate of drug-likeness (QED) is 0.871. The summed E-state index contributed by atoms with van der Waals surface area (Å²) in [5.74, 6) is -0.244. The number of benzene rings is 1. The van der Waals surface area contributed by atoms with Crippen molar-refractivity contribution in [2.45, 2.75) is 11.8 Å². The number of nitrogens with zero attached hydrogens (tertiary/aromatic N) is 2. The molecule has 0 saturated carbocycles. The molecule has 2 aromatic rings. The van der Waals surface area contributed by atoms with Crippen molar-refractivity contribution in [3.8, 4) is 0 Å². The van der Waals surface area contributed by atoms with E-state index in [1.54, 1.807) is 24.0 Å². The van der Waals surface area contributed by atoms with E-state index in [1.165, 1.54) is 11.8 Å². The van der Waals surface area contributed by atoms with E-state index in [2.05, 4.69) is 17.0 Å². The monoisotopic (exact) mass is 273 g/mol. The predicted molar refractivity (Wildman–Crippen MR) is 76.9 cm³/mol. The van der Waals surface area contributed by atoms with Crippen molar-refractivity contribution in [1.29, 1.82) is 0 Å². The van der Waals surface area contributed by atoms with Crippen LogP contribution in [0.4, 0.5) is 0 Å². The third-order valence-electron chi connectivity index (χ3n) is 2.53. The Morgan fingerprint density at radius 3 is 2.74 bits per heavy atom. The van der Waals surface area contributed by atoms with Crippen LogP contribution in [0.25, 0.3) is 0 Å². The highest BCUT2D eigenvalue weighted by Crippen LogP contribution is 2.26. The maximum Gasteiger partial charge on any atom is 0.276 e. The first-order valence-corrected chi connectivity index (χ1v) is 6.61. The Kier molecular flexibility index (Phi) is 4.06. The second-order valence-corrected chi connectivity index (χ2v) is 5.26. The summed E-state index contributed by atoms with van der Waals surface area (Å²) in [4.78, 5) is 13.0.